The summed E-state index contributed by atoms with van der Waals surface area (Å²) in [6.07, 6.45) is 2.04. The Bertz CT molecular complexity index is 623. The van der Waals surface area contributed by atoms with E-state index < -0.39 is 0 Å². The zero-order valence-electron chi connectivity index (χ0n) is 12.4. The molecule has 110 valence electrons. The lowest BCUT2D eigenvalue weighted by Gasteiger charge is -2.16. The quantitative estimate of drug-likeness (QED) is 0.856. The van der Waals surface area contributed by atoms with Gasteiger partial charge in [0, 0.05) is 10.7 Å². The van der Waals surface area contributed by atoms with E-state index in [9.17, 15) is 4.79 Å². The van der Waals surface area contributed by atoms with E-state index in [1.54, 1.807) is 0 Å². The second kappa shape index (κ2) is 7.28. The molecule has 2 aromatic rings. The van der Waals surface area contributed by atoms with E-state index in [-0.39, 0.29) is 5.91 Å². The normalized spacial score (nSPS) is 10.4. The Kier molecular flexibility index (Phi) is 5.40. The van der Waals surface area contributed by atoms with Crippen LogP contribution in [-0.4, -0.2) is 5.91 Å². The highest BCUT2D eigenvalue weighted by atomic mass is 35.5. The molecule has 1 amide bonds. The van der Waals surface area contributed by atoms with Gasteiger partial charge in [-0.15, -0.1) is 0 Å². The minimum Gasteiger partial charge on any atom is -0.325 e. The molecular weight excluding hydrogens is 282 g/mol. The standard InChI is InChI=1S/C18H20ClNO/c1-3-14-10-11-16(19)15(4-2)18(14)20-17(21)12-13-8-6-5-7-9-13/h5-11H,3-4,12H2,1-2H3,(H,20,21). The highest BCUT2D eigenvalue weighted by Gasteiger charge is 2.13. The summed E-state index contributed by atoms with van der Waals surface area (Å²) in [5.74, 6) is -0.00660. The summed E-state index contributed by atoms with van der Waals surface area (Å²) < 4.78 is 0. The van der Waals surface area contributed by atoms with Gasteiger partial charge >= 0.3 is 0 Å². The monoisotopic (exact) mass is 301 g/mol. The summed E-state index contributed by atoms with van der Waals surface area (Å²) in [7, 11) is 0. The van der Waals surface area contributed by atoms with Gasteiger partial charge in [0.25, 0.3) is 0 Å². The zero-order chi connectivity index (χ0) is 15.2. The van der Waals surface area contributed by atoms with Gasteiger partial charge in [0.15, 0.2) is 0 Å². The van der Waals surface area contributed by atoms with Gasteiger partial charge in [-0.1, -0.05) is 61.8 Å². The number of anilines is 1. The second-order valence-electron chi connectivity index (χ2n) is 4.98. The van der Waals surface area contributed by atoms with Crippen molar-refractivity contribution in [3.63, 3.8) is 0 Å². The Morgan fingerprint density at radius 1 is 1.05 bits per heavy atom. The molecule has 3 heteroatoms. The molecule has 0 heterocycles. The number of aryl methyl sites for hydroxylation is 1. The maximum atomic E-state index is 12.3. The molecule has 0 aliphatic heterocycles. The topological polar surface area (TPSA) is 29.1 Å². The maximum absolute atomic E-state index is 12.3. The van der Waals surface area contributed by atoms with Crippen LogP contribution in [-0.2, 0) is 24.1 Å². The molecule has 0 atom stereocenters. The van der Waals surface area contributed by atoms with Gasteiger partial charge in [0.2, 0.25) is 5.91 Å². The van der Waals surface area contributed by atoms with Crippen molar-refractivity contribution < 1.29 is 4.79 Å². The summed E-state index contributed by atoms with van der Waals surface area (Å²) in [6, 6.07) is 13.6. The van der Waals surface area contributed by atoms with E-state index in [0.29, 0.717) is 11.4 Å². The van der Waals surface area contributed by atoms with Gasteiger partial charge < -0.3 is 5.32 Å². The van der Waals surface area contributed by atoms with Crippen molar-refractivity contribution in [3.8, 4) is 0 Å². The number of carbonyl (C=O) groups is 1. The van der Waals surface area contributed by atoms with E-state index in [4.69, 9.17) is 11.6 Å². The van der Waals surface area contributed by atoms with Crippen LogP contribution in [0.5, 0.6) is 0 Å². The van der Waals surface area contributed by atoms with Gasteiger partial charge in [-0.25, -0.2) is 0 Å². The van der Waals surface area contributed by atoms with Crippen LogP contribution in [0, 0.1) is 0 Å². The second-order valence-corrected chi connectivity index (χ2v) is 5.38. The molecule has 0 aromatic heterocycles. The van der Waals surface area contributed by atoms with Crippen molar-refractivity contribution in [2.24, 2.45) is 0 Å². The number of hydrogen-bond donors (Lipinski definition) is 1. The van der Waals surface area contributed by atoms with Crippen LogP contribution in [0.1, 0.15) is 30.5 Å². The van der Waals surface area contributed by atoms with Crippen LogP contribution in [0.4, 0.5) is 5.69 Å². The lowest BCUT2D eigenvalue weighted by atomic mass is 10.0. The van der Waals surface area contributed by atoms with Gasteiger partial charge in [-0.3, -0.25) is 4.79 Å². The number of benzene rings is 2. The molecule has 2 nitrogen and oxygen atoms in total. The summed E-state index contributed by atoms with van der Waals surface area (Å²) in [5.41, 5.74) is 4.02. The van der Waals surface area contributed by atoms with Crippen molar-refractivity contribution in [2.45, 2.75) is 33.1 Å². The highest BCUT2D eigenvalue weighted by molar-refractivity contribution is 6.32. The average molecular weight is 302 g/mol. The highest BCUT2D eigenvalue weighted by Crippen LogP contribution is 2.29. The Labute approximate surface area is 131 Å². The lowest BCUT2D eigenvalue weighted by molar-refractivity contribution is -0.115. The van der Waals surface area contributed by atoms with E-state index in [1.165, 1.54) is 0 Å². The van der Waals surface area contributed by atoms with Crippen LogP contribution < -0.4 is 5.32 Å². The number of hydrogen-bond acceptors (Lipinski definition) is 1. The minimum absolute atomic E-state index is 0.00660. The maximum Gasteiger partial charge on any atom is 0.228 e. The third kappa shape index (κ3) is 3.85. The number of amides is 1. The van der Waals surface area contributed by atoms with Crippen molar-refractivity contribution in [2.75, 3.05) is 5.32 Å². The Morgan fingerprint density at radius 2 is 1.76 bits per heavy atom. The first kappa shape index (κ1) is 15.6. The van der Waals surface area contributed by atoms with Gasteiger partial charge in [0.05, 0.1) is 6.42 Å². The summed E-state index contributed by atoms with van der Waals surface area (Å²) in [6.45, 7) is 4.13. The lowest BCUT2D eigenvalue weighted by Crippen LogP contribution is -2.17. The summed E-state index contributed by atoms with van der Waals surface area (Å²) >= 11 is 6.25. The number of rotatable bonds is 5. The molecule has 0 aliphatic rings. The fourth-order valence-corrected chi connectivity index (χ4v) is 2.72. The first-order valence-electron chi connectivity index (χ1n) is 7.29. The summed E-state index contributed by atoms with van der Waals surface area (Å²) in [5, 5.41) is 3.76. The molecule has 2 aromatic carbocycles. The number of nitrogens with one attached hydrogen (secondary N) is 1. The molecule has 0 spiro atoms. The molecule has 0 unspecified atom stereocenters. The molecule has 0 radical (unpaired) electrons. The fraction of sp³-hybridized carbons (Fsp3) is 0.278. The predicted molar refractivity (Wildman–Crippen MR) is 89.0 cm³/mol. The van der Waals surface area contributed by atoms with Crippen molar-refractivity contribution in [1.82, 2.24) is 0 Å². The first-order valence-corrected chi connectivity index (χ1v) is 7.67. The van der Waals surface area contributed by atoms with E-state index in [0.717, 1.165) is 35.2 Å². The fourth-order valence-electron chi connectivity index (χ4n) is 2.43. The third-order valence-corrected chi connectivity index (χ3v) is 3.90. The van der Waals surface area contributed by atoms with Gasteiger partial charge in [-0.2, -0.15) is 0 Å². The van der Waals surface area contributed by atoms with Crippen LogP contribution in [0.15, 0.2) is 42.5 Å². The first-order chi connectivity index (χ1) is 10.2. The largest absolute Gasteiger partial charge is 0.325 e. The molecule has 0 saturated carbocycles. The van der Waals surface area contributed by atoms with Crippen LogP contribution in [0.2, 0.25) is 5.02 Å². The van der Waals surface area contributed by atoms with E-state index in [2.05, 4.69) is 12.2 Å². The molecule has 21 heavy (non-hydrogen) atoms. The van der Waals surface area contributed by atoms with E-state index in [1.807, 2.05) is 49.4 Å². The molecular formula is C18H20ClNO. The van der Waals surface area contributed by atoms with Gasteiger partial charge in [-0.05, 0) is 35.6 Å². The molecule has 0 aliphatic carbocycles. The summed E-state index contributed by atoms with van der Waals surface area (Å²) in [4.78, 5) is 12.3. The van der Waals surface area contributed by atoms with Crippen molar-refractivity contribution in [1.29, 1.82) is 0 Å². The van der Waals surface area contributed by atoms with Crippen molar-refractivity contribution >= 4 is 23.2 Å². The molecule has 0 bridgehead atoms. The van der Waals surface area contributed by atoms with Crippen LogP contribution in [0.3, 0.4) is 0 Å². The van der Waals surface area contributed by atoms with Gasteiger partial charge in [0.1, 0.15) is 0 Å². The van der Waals surface area contributed by atoms with Crippen molar-refractivity contribution in [3.05, 3.63) is 64.2 Å². The number of halogens is 1. The number of carbonyl (C=O) groups excluding carboxylic acids is 1. The smallest absolute Gasteiger partial charge is 0.228 e. The predicted octanol–water partition coefficient (Wildman–Crippen LogP) is 4.65. The Balaban J connectivity index is 2.22. The molecule has 0 saturated heterocycles. The molecule has 0 fully saturated rings. The van der Waals surface area contributed by atoms with E-state index >= 15 is 0 Å². The Morgan fingerprint density at radius 3 is 2.38 bits per heavy atom. The van der Waals surface area contributed by atoms with Crippen LogP contribution >= 0.6 is 11.6 Å². The average Bonchev–Trinajstić information content (AvgIpc) is 2.49. The third-order valence-electron chi connectivity index (χ3n) is 3.55. The zero-order valence-corrected chi connectivity index (χ0v) is 13.2. The Hall–Kier alpha value is -1.80. The molecule has 2 rings (SSSR count). The molecule has 1 N–H and O–H groups in total. The SMILES string of the molecule is CCc1ccc(Cl)c(CC)c1NC(=O)Cc1ccccc1. The minimum atomic E-state index is -0.00660. The van der Waals surface area contributed by atoms with Crippen LogP contribution in [0.25, 0.3) is 0 Å².